The van der Waals surface area contributed by atoms with Crippen molar-refractivity contribution in [3.63, 3.8) is 0 Å². The first-order valence-electron chi connectivity index (χ1n) is 10.9. The van der Waals surface area contributed by atoms with Crippen LogP contribution in [0, 0.1) is 0 Å². The molecule has 8 heteroatoms. The Kier molecular flexibility index (Phi) is 8.30. The third kappa shape index (κ3) is 6.34. The summed E-state index contributed by atoms with van der Waals surface area (Å²) < 4.78 is 41.0. The molecule has 0 unspecified atom stereocenters. The number of oxazole rings is 1. The first-order chi connectivity index (χ1) is 15.4. The SMILES string of the molecule is C=C(Nc1ccccc1)c1oc2ccc(NS(=O)(=O)CCCCCC)cc2[n+]1CCOC. The quantitative estimate of drug-likeness (QED) is 0.285. The molecule has 0 aliphatic carbocycles. The van der Waals surface area contributed by atoms with Crippen LogP contribution in [0.25, 0.3) is 16.8 Å². The molecule has 0 saturated carbocycles. The number of sulfonamides is 1. The molecule has 0 amide bonds. The van der Waals surface area contributed by atoms with Crippen LogP contribution in [0.3, 0.4) is 0 Å². The maximum absolute atomic E-state index is 12.5. The topological polar surface area (TPSA) is 84.5 Å². The molecule has 0 aliphatic rings. The molecule has 7 nitrogen and oxygen atoms in total. The molecule has 3 rings (SSSR count). The molecule has 0 bridgehead atoms. The first kappa shape index (κ1) is 23.8. The van der Waals surface area contributed by atoms with Gasteiger partial charge in [-0.05, 0) is 30.7 Å². The summed E-state index contributed by atoms with van der Waals surface area (Å²) in [6.45, 7) is 7.24. The molecule has 172 valence electrons. The standard InChI is InChI=1S/C24H32N3O4S/c1-4-5-6-10-17-32(28,29)26-21-13-14-23-22(18-21)27(15-16-30-3)24(31-23)19(2)25-20-11-8-7-9-12-20/h7-9,11-14,18,25-26H,2,4-6,10,15-17H2,1,3H3/q+1. The second-order valence-corrected chi connectivity index (χ2v) is 9.53. The molecule has 32 heavy (non-hydrogen) atoms. The lowest BCUT2D eigenvalue weighted by Gasteiger charge is -2.07. The van der Waals surface area contributed by atoms with Gasteiger partial charge in [-0.1, -0.05) is 51.0 Å². The predicted molar refractivity (Wildman–Crippen MR) is 129 cm³/mol. The van der Waals surface area contributed by atoms with E-state index in [1.165, 1.54) is 0 Å². The maximum Gasteiger partial charge on any atom is 0.397 e. The molecule has 2 N–H and O–H groups in total. The number of methoxy groups -OCH3 is 1. The lowest BCUT2D eigenvalue weighted by Crippen LogP contribution is -2.39. The van der Waals surface area contributed by atoms with Gasteiger partial charge in [-0.25, -0.2) is 8.42 Å². The van der Waals surface area contributed by atoms with E-state index in [9.17, 15) is 8.42 Å². The summed E-state index contributed by atoms with van der Waals surface area (Å²) in [6, 6.07) is 15.0. The molecule has 0 radical (unpaired) electrons. The molecule has 3 aromatic rings. The first-order valence-corrected chi connectivity index (χ1v) is 12.6. The maximum atomic E-state index is 12.5. The van der Waals surface area contributed by atoms with Gasteiger partial charge in [0.05, 0.1) is 11.4 Å². The highest BCUT2D eigenvalue weighted by atomic mass is 32.2. The van der Waals surface area contributed by atoms with E-state index in [-0.39, 0.29) is 5.75 Å². The number of nitrogens with one attached hydrogen (secondary N) is 2. The number of ether oxygens (including phenoxy) is 1. The number of aromatic nitrogens is 1. The molecule has 1 heterocycles. The minimum absolute atomic E-state index is 0.114. The minimum atomic E-state index is -3.41. The fourth-order valence-corrected chi connectivity index (χ4v) is 4.65. The summed E-state index contributed by atoms with van der Waals surface area (Å²) >= 11 is 0. The Balaban J connectivity index is 1.86. The number of anilines is 2. The Bertz CT molecular complexity index is 1140. The highest BCUT2D eigenvalue weighted by molar-refractivity contribution is 7.92. The number of fused-ring (bicyclic) bond motifs is 1. The fraction of sp³-hybridized carbons (Fsp3) is 0.375. The van der Waals surface area contributed by atoms with E-state index in [0.29, 0.717) is 42.4 Å². The lowest BCUT2D eigenvalue weighted by molar-refractivity contribution is -0.680. The van der Waals surface area contributed by atoms with Gasteiger partial charge in [0.1, 0.15) is 12.3 Å². The smallest absolute Gasteiger partial charge is 0.396 e. The molecular weight excluding hydrogens is 426 g/mol. The van der Waals surface area contributed by atoms with E-state index < -0.39 is 10.0 Å². The van der Waals surface area contributed by atoms with Gasteiger partial charge in [-0.2, -0.15) is 4.57 Å². The van der Waals surface area contributed by atoms with Crippen LogP contribution in [0.4, 0.5) is 11.4 Å². The second kappa shape index (κ2) is 11.2. The zero-order valence-electron chi connectivity index (χ0n) is 18.8. The Hall–Kier alpha value is -2.84. The van der Waals surface area contributed by atoms with Crippen LogP contribution in [0.1, 0.15) is 38.5 Å². The number of para-hydroxylation sites is 1. The Morgan fingerprint density at radius 2 is 1.88 bits per heavy atom. The van der Waals surface area contributed by atoms with E-state index in [1.807, 2.05) is 34.9 Å². The fourth-order valence-electron chi connectivity index (χ4n) is 3.47. The summed E-state index contributed by atoms with van der Waals surface area (Å²) in [5, 5.41) is 3.26. The number of benzene rings is 2. The van der Waals surface area contributed by atoms with Crippen molar-refractivity contribution >= 4 is 38.2 Å². The monoisotopic (exact) mass is 458 g/mol. The molecule has 0 saturated heterocycles. The number of nitrogens with zero attached hydrogens (tertiary/aromatic N) is 1. The van der Waals surface area contributed by atoms with Crippen LogP contribution < -0.4 is 14.6 Å². The predicted octanol–water partition coefficient (Wildman–Crippen LogP) is 4.77. The van der Waals surface area contributed by atoms with E-state index in [0.717, 1.165) is 30.5 Å². The van der Waals surface area contributed by atoms with Gasteiger partial charge in [0.25, 0.3) is 5.52 Å². The number of unbranched alkanes of at least 4 members (excludes halogenated alkanes) is 3. The highest BCUT2D eigenvalue weighted by Gasteiger charge is 2.26. The van der Waals surface area contributed by atoms with Crippen molar-refractivity contribution in [2.45, 2.75) is 39.2 Å². The summed E-state index contributed by atoms with van der Waals surface area (Å²) in [7, 11) is -1.77. The summed E-state index contributed by atoms with van der Waals surface area (Å²) in [4.78, 5) is 0. The van der Waals surface area contributed by atoms with Gasteiger partial charge in [-0.15, -0.1) is 0 Å². The number of hydrogen-bond donors (Lipinski definition) is 2. The minimum Gasteiger partial charge on any atom is -0.396 e. The Morgan fingerprint density at radius 1 is 1.09 bits per heavy atom. The molecule has 2 aromatic carbocycles. The third-order valence-electron chi connectivity index (χ3n) is 5.09. The molecule has 0 atom stereocenters. The second-order valence-electron chi connectivity index (χ2n) is 7.69. The van der Waals surface area contributed by atoms with Gasteiger partial charge in [0.2, 0.25) is 15.6 Å². The zero-order chi connectivity index (χ0) is 23.0. The average molecular weight is 459 g/mol. The van der Waals surface area contributed by atoms with Crippen LogP contribution >= 0.6 is 0 Å². The van der Waals surface area contributed by atoms with Crippen LogP contribution in [-0.2, 0) is 21.3 Å². The molecular formula is C24H32N3O4S+. The van der Waals surface area contributed by atoms with E-state index in [1.54, 1.807) is 25.3 Å². The van der Waals surface area contributed by atoms with Crippen molar-refractivity contribution in [2.75, 3.05) is 29.5 Å². The van der Waals surface area contributed by atoms with E-state index in [2.05, 4.69) is 23.5 Å². The van der Waals surface area contributed by atoms with Crippen LogP contribution in [-0.4, -0.2) is 27.9 Å². The third-order valence-corrected chi connectivity index (χ3v) is 6.46. The normalized spacial score (nSPS) is 11.6. The number of hydrogen-bond acceptors (Lipinski definition) is 5. The van der Waals surface area contributed by atoms with E-state index in [4.69, 9.17) is 9.15 Å². The summed E-state index contributed by atoms with van der Waals surface area (Å²) in [5.74, 6) is 0.670. The summed E-state index contributed by atoms with van der Waals surface area (Å²) in [6.07, 6.45) is 3.67. The van der Waals surface area contributed by atoms with Gasteiger partial charge in [0.15, 0.2) is 6.54 Å². The molecule has 0 aliphatic heterocycles. The van der Waals surface area contributed by atoms with Gasteiger partial charge < -0.3 is 14.5 Å². The van der Waals surface area contributed by atoms with Crippen LogP contribution in [0.5, 0.6) is 0 Å². The van der Waals surface area contributed by atoms with Gasteiger partial charge in [-0.3, -0.25) is 4.72 Å². The Morgan fingerprint density at radius 3 is 2.59 bits per heavy atom. The summed E-state index contributed by atoms with van der Waals surface area (Å²) in [5.41, 5.74) is 3.40. The molecule has 1 aromatic heterocycles. The van der Waals surface area contributed by atoms with Crippen LogP contribution in [0.2, 0.25) is 0 Å². The van der Waals surface area contributed by atoms with Gasteiger partial charge in [0, 0.05) is 18.9 Å². The van der Waals surface area contributed by atoms with Crippen molar-refractivity contribution < 1.29 is 22.1 Å². The van der Waals surface area contributed by atoms with Crippen molar-refractivity contribution in [3.05, 3.63) is 61.0 Å². The molecule has 0 spiro atoms. The zero-order valence-corrected chi connectivity index (χ0v) is 19.6. The lowest BCUT2D eigenvalue weighted by atomic mass is 10.2. The largest absolute Gasteiger partial charge is 0.397 e. The Labute approximate surface area is 190 Å². The highest BCUT2D eigenvalue weighted by Crippen LogP contribution is 2.24. The van der Waals surface area contributed by atoms with Gasteiger partial charge >= 0.3 is 5.89 Å². The van der Waals surface area contributed by atoms with Crippen LogP contribution in [0.15, 0.2) is 59.5 Å². The average Bonchev–Trinajstić information content (AvgIpc) is 3.13. The number of rotatable bonds is 13. The van der Waals surface area contributed by atoms with Crippen molar-refractivity contribution in [3.8, 4) is 0 Å². The molecule has 0 fully saturated rings. The van der Waals surface area contributed by atoms with Crippen molar-refractivity contribution in [1.82, 2.24) is 0 Å². The van der Waals surface area contributed by atoms with Crippen molar-refractivity contribution in [1.29, 1.82) is 0 Å². The van der Waals surface area contributed by atoms with E-state index >= 15 is 0 Å². The van der Waals surface area contributed by atoms with Crippen molar-refractivity contribution in [2.24, 2.45) is 0 Å².